The minimum Gasteiger partial charge on any atom is -0.378 e. The van der Waals surface area contributed by atoms with Crippen molar-refractivity contribution in [2.45, 2.75) is 57.7 Å². The summed E-state index contributed by atoms with van der Waals surface area (Å²) in [4.78, 5) is 0. The van der Waals surface area contributed by atoms with E-state index in [0.29, 0.717) is 5.92 Å². The van der Waals surface area contributed by atoms with Crippen LogP contribution in [0.15, 0.2) is 48.5 Å². The summed E-state index contributed by atoms with van der Waals surface area (Å²) >= 11 is 0. The Bertz CT molecular complexity index is 838. The monoisotopic (exact) mass is 447 g/mol. The van der Waals surface area contributed by atoms with E-state index < -0.39 is 11.7 Å². The molecule has 3 nitrogen and oxygen atoms in total. The van der Waals surface area contributed by atoms with Crippen LogP contribution in [0.25, 0.3) is 0 Å². The largest absolute Gasteiger partial charge is 0.416 e. The second kappa shape index (κ2) is 11.2. The summed E-state index contributed by atoms with van der Waals surface area (Å²) in [5.41, 5.74) is 7.73. The van der Waals surface area contributed by atoms with Gasteiger partial charge < -0.3 is 16.4 Å². The molecule has 3 unspecified atom stereocenters. The molecule has 0 saturated heterocycles. The van der Waals surface area contributed by atoms with E-state index in [0.717, 1.165) is 56.6 Å². The van der Waals surface area contributed by atoms with Crippen molar-refractivity contribution in [3.05, 3.63) is 65.2 Å². The zero-order valence-corrected chi connectivity index (χ0v) is 19.1. The van der Waals surface area contributed by atoms with Crippen LogP contribution < -0.4 is 16.4 Å². The van der Waals surface area contributed by atoms with Gasteiger partial charge in [0.1, 0.15) is 0 Å². The molecule has 0 amide bonds. The fourth-order valence-corrected chi connectivity index (χ4v) is 4.77. The number of hydrogen-bond donors (Lipinski definition) is 3. The number of nitrogens with one attached hydrogen (secondary N) is 2. The number of nitrogens with two attached hydrogens (primary N) is 1. The maximum Gasteiger partial charge on any atom is 0.416 e. The van der Waals surface area contributed by atoms with E-state index >= 15 is 0 Å². The van der Waals surface area contributed by atoms with E-state index in [1.807, 2.05) is 18.2 Å². The van der Waals surface area contributed by atoms with Gasteiger partial charge in [-0.1, -0.05) is 44.2 Å². The lowest BCUT2D eigenvalue weighted by Gasteiger charge is -2.40. The van der Waals surface area contributed by atoms with Gasteiger partial charge in [0.05, 0.1) is 11.6 Å². The van der Waals surface area contributed by atoms with Crippen molar-refractivity contribution in [1.82, 2.24) is 5.32 Å². The second-order valence-electron chi connectivity index (χ2n) is 9.17. The van der Waals surface area contributed by atoms with Crippen molar-refractivity contribution >= 4 is 5.69 Å². The summed E-state index contributed by atoms with van der Waals surface area (Å²) in [6, 6.07) is 14.4. The predicted molar refractivity (Wildman–Crippen MR) is 126 cm³/mol. The zero-order chi connectivity index (χ0) is 23.1. The quantitative estimate of drug-likeness (QED) is 0.373. The van der Waals surface area contributed by atoms with E-state index in [2.05, 4.69) is 36.6 Å². The lowest BCUT2D eigenvalue weighted by molar-refractivity contribution is -0.137. The maximum absolute atomic E-state index is 13.3. The van der Waals surface area contributed by atoms with E-state index in [1.165, 1.54) is 17.7 Å². The number of halogens is 3. The fraction of sp³-hybridized carbons (Fsp3) is 0.538. The lowest BCUT2D eigenvalue weighted by atomic mass is 9.73. The van der Waals surface area contributed by atoms with Crippen molar-refractivity contribution in [1.29, 1.82) is 0 Å². The summed E-state index contributed by atoms with van der Waals surface area (Å²) in [7, 11) is 0. The van der Waals surface area contributed by atoms with Gasteiger partial charge >= 0.3 is 6.18 Å². The number of fused-ring (bicyclic) bond motifs is 1. The van der Waals surface area contributed by atoms with E-state index in [-0.39, 0.29) is 17.9 Å². The molecule has 2 aromatic carbocycles. The van der Waals surface area contributed by atoms with Crippen molar-refractivity contribution in [3.63, 3.8) is 0 Å². The molecule has 0 spiro atoms. The van der Waals surface area contributed by atoms with Gasteiger partial charge in [0.2, 0.25) is 0 Å². The van der Waals surface area contributed by atoms with E-state index in [1.54, 1.807) is 6.07 Å². The number of alkyl halides is 3. The third-order valence-corrected chi connectivity index (χ3v) is 6.70. The Morgan fingerprint density at radius 1 is 1.09 bits per heavy atom. The molecule has 4 atom stereocenters. The van der Waals surface area contributed by atoms with Crippen LogP contribution in [-0.4, -0.2) is 19.6 Å². The molecule has 4 N–H and O–H groups in total. The molecule has 2 aromatic rings. The number of rotatable bonds is 10. The van der Waals surface area contributed by atoms with Crippen LogP contribution in [0.5, 0.6) is 0 Å². The molecule has 1 aliphatic heterocycles. The van der Waals surface area contributed by atoms with Gasteiger partial charge in [0.25, 0.3) is 0 Å². The molecule has 0 radical (unpaired) electrons. The Hall–Kier alpha value is -2.05. The normalized spacial score (nSPS) is 21.6. The summed E-state index contributed by atoms with van der Waals surface area (Å²) in [5.74, 6) is 0.746. The van der Waals surface area contributed by atoms with Gasteiger partial charge in [-0.05, 0) is 92.4 Å². The highest BCUT2D eigenvalue weighted by molar-refractivity contribution is 5.59. The Morgan fingerprint density at radius 2 is 1.84 bits per heavy atom. The zero-order valence-electron chi connectivity index (χ0n) is 19.1. The third-order valence-electron chi connectivity index (χ3n) is 6.70. The van der Waals surface area contributed by atoms with Gasteiger partial charge in [-0.25, -0.2) is 0 Å². The molecule has 6 heteroatoms. The first-order chi connectivity index (χ1) is 15.3. The first-order valence-corrected chi connectivity index (χ1v) is 11.7. The Balaban J connectivity index is 1.75. The van der Waals surface area contributed by atoms with E-state index in [4.69, 9.17) is 5.73 Å². The van der Waals surface area contributed by atoms with Crippen LogP contribution >= 0.6 is 0 Å². The van der Waals surface area contributed by atoms with Gasteiger partial charge in [-0.3, -0.25) is 0 Å². The van der Waals surface area contributed by atoms with Gasteiger partial charge in [0, 0.05) is 5.69 Å². The number of anilines is 1. The van der Waals surface area contributed by atoms with Crippen LogP contribution in [0.3, 0.4) is 0 Å². The first kappa shape index (κ1) is 24.6. The van der Waals surface area contributed by atoms with Crippen LogP contribution in [0.1, 0.15) is 68.2 Å². The fourth-order valence-electron chi connectivity index (χ4n) is 4.77. The van der Waals surface area contributed by atoms with Crippen molar-refractivity contribution in [3.8, 4) is 0 Å². The van der Waals surface area contributed by atoms with Gasteiger partial charge in [-0.2, -0.15) is 13.2 Å². The predicted octanol–water partition coefficient (Wildman–Crippen LogP) is 6.34. The smallest absolute Gasteiger partial charge is 0.378 e. The van der Waals surface area contributed by atoms with Crippen molar-refractivity contribution in [2.75, 3.05) is 25.0 Å². The second-order valence-corrected chi connectivity index (χ2v) is 9.17. The standard InChI is InChI=1S/C26H36F3N3/c1-18(17-31-15-7-6-14-30)10-12-22-19(2)23-16-21(26(27,28)29)11-13-24(23)32-25(22)20-8-4-3-5-9-20/h3-5,8-9,11,13,16,18-19,22,25,31-32H,6-7,10,12,14-15,17,30H2,1-2H3/t18?,19?,22?,25-/m0/s1. The van der Waals surface area contributed by atoms with Crippen molar-refractivity contribution in [2.24, 2.45) is 17.6 Å². The molecule has 1 heterocycles. The highest BCUT2D eigenvalue weighted by Gasteiger charge is 2.37. The summed E-state index contributed by atoms with van der Waals surface area (Å²) in [5, 5.41) is 7.07. The lowest BCUT2D eigenvalue weighted by Crippen LogP contribution is -2.32. The topological polar surface area (TPSA) is 50.1 Å². The minimum atomic E-state index is -4.33. The van der Waals surface area contributed by atoms with Crippen LogP contribution in [0, 0.1) is 11.8 Å². The first-order valence-electron chi connectivity index (χ1n) is 11.7. The molecule has 32 heavy (non-hydrogen) atoms. The average molecular weight is 448 g/mol. The van der Waals surface area contributed by atoms with Crippen LogP contribution in [-0.2, 0) is 6.18 Å². The molecule has 0 bridgehead atoms. The highest BCUT2D eigenvalue weighted by atomic mass is 19.4. The molecule has 0 saturated carbocycles. The summed E-state index contributed by atoms with van der Waals surface area (Å²) in [6.45, 7) is 6.97. The van der Waals surface area contributed by atoms with Gasteiger partial charge in [-0.15, -0.1) is 0 Å². The molecule has 3 rings (SSSR count). The molecule has 0 aliphatic carbocycles. The van der Waals surface area contributed by atoms with Crippen LogP contribution in [0.2, 0.25) is 0 Å². The Morgan fingerprint density at radius 3 is 2.53 bits per heavy atom. The minimum absolute atomic E-state index is 0.0310. The highest BCUT2D eigenvalue weighted by Crippen LogP contribution is 2.48. The molecular formula is C26H36F3N3. The van der Waals surface area contributed by atoms with Crippen LogP contribution in [0.4, 0.5) is 18.9 Å². The number of benzene rings is 2. The molecule has 0 fully saturated rings. The maximum atomic E-state index is 13.3. The summed E-state index contributed by atoms with van der Waals surface area (Å²) in [6.07, 6.45) is -0.232. The van der Waals surface area contributed by atoms with E-state index in [9.17, 15) is 13.2 Å². The molecule has 1 aliphatic rings. The molecule has 176 valence electrons. The Kier molecular flexibility index (Phi) is 8.60. The SMILES string of the molecule is CC(CCC1C(C)c2cc(C(F)(F)F)ccc2N[C@H]1c1ccccc1)CNCCCCN. The van der Waals surface area contributed by atoms with Crippen molar-refractivity contribution < 1.29 is 13.2 Å². The number of hydrogen-bond acceptors (Lipinski definition) is 3. The Labute approximate surface area is 190 Å². The number of unbranched alkanes of at least 4 members (excludes halogenated alkanes) is 1. The third kappa shape index (κ3) is 6.26. The molecule has 0 aromatic heterocycles. The average Bonchev–Trinajstić information content (AvgIpc) is 2.78. The molecular weight excluding hydrogens is 411 g/mol. The summed E-state index contributed by atoms with van der Waals surface area (Å²) < 4.78 is 40.0. The van der Waals surface area contributed by atoms with Gasteiger partial charge in [0.15, 0.2) is 0 Å².